The number of hydrogen-bond donors (Lipinski definition) is 0. The molecule has 1 heterocycles. The van der Waals surface area contributed by atoms with Crippen LogP contribution in [0.25, 0.3) is 0 Å². The molecule has 4 aliphatic rings. The van der Waals surface area contributed by atoms with Crippen LogP contribution < -0.4 is 4.90 Å². The van der Waals surface area contributed by atoms with E-state index in [0.717, 1.165) is 4.90 Å². The lowest BCUT2D eigenvalue weighted by Crippen LogP contribution is -2.57. The van der Waals surface area contributed by atoms with Crippen molar-refractivity contribution in [3.63, 3.8) is 0 Å². The first-order valence-electron chi connectivity index (χ1n) is 11.2. The van der Waals surface area contributed by atoms with E-state index in [1.54, 1.807) is 62.4 Å². The van der Waals surface area contributed by atoms with E-state index in [1.165, 1.54) is 12.1 Å². The first-order valence-corrected chi connectivity index (χ1v) is 11.2. The average molecular weight is 469 g/mol. The van der Waals surface area contributed by atoms with Gasteiger partial charge in [0.1, 0.15) is 11.6 Å². The van der Waals surface area contributed by atoms with Crippen molar-refractivity contribution in [2.45, 2.75) is 25.3 Å². The van der Waals surface area contributed by atoms with E-state index >= 15 is 0 Å². The van der Waals surface area contributed by atoms with Crippen molar-refractivity contribution in [2.75, 3.05) is 4.90 Å². The van der Waals surface area contributed by atoms with Crippen molar-refractivity contribution < 1.29 is 19.4 Å². The number of carbonyl (C=O) groups is 2. The molecule has 0 unspecified atom stereocenters. The fourth-order valence-corrected chi connectivity index (χ4v) is 6.39. The average Bonchev–Trinajstić information content (AvgIpc) is 3.11. The van der Waals surface area contributed by atoms with Crippen LogP contribution in [0.15, 0.2) is 60.7 Å². The first kappa shape index (κ1) is 21.2. The molecule has 2 atom stereocenters. The lowest BCUT2D eigenvalue weighted by molar-refractivity contribution is -0.578. The first-order chi connectivity index (χ1) is 16.7. The third-order valence-electron chi connectivity index (χ3n) is 7.89. The van der Waals surface area contributed by atoms with E-state index in [4.69, 9.17) is 0 Å². The third kappa shape index (κ3) is 2.37. The summed E-state index contributed by atoms with van der Waals surface area (Å²) >= 11 is 0. The highest BCUT2D eigenvalue weighted by atomic mass is 16.6. The van der Waals surface area contributed by atoms with Gasteiger partial charge in [-0.2, -0.15) is 0 Å². The molecule has 2 amide bonds. The van der Waals surface area contributed by atoms with Gasteiger partial charge in [0.25, 0.3) is 11.2 Å². The molecule has 2 bridgehead atoms. The Morgan fingerprint density at radius 3 is 1.91 bits per heavy atom. The zero-order chi connectivity index (χ0) is 24.8. The molecule has 0 aromatic heterocycles. The van der Waals surface area contributed by atoms with Gasteiger partial charge in [-0.3, -0.25) is 29.8 Å². The van der Waals surface area contributed by atoms with E-state index in [9.17, 15) is 29.8 Å². The van der Waals surface area contributed by atoms with Crippen LogP contribution in [-0.4, -0.2) is 21.7 Å². The second kappa shape index (κ2) is 6.82. The van der Waals surface area contributed by atoms with Crippen molar-refractivity contribution in [1.29, 1.82) is 0 Å². The second-order valence-corrected chi connectivity index (χ2v) is 9.37. The molecule has 3 aromatic carbocycles. The summed E-state index contributed by atoms with van der Waals surface area (Å²) in [6.45, 7) is 3.43. The number of imide groups is 1. The number of aryl methyl sites for hydroxylation is 2. The largest absolute Gasteiger partial charge is 0.293 e. The molecule has 9 heteroatoms. The fourth-order valence-electron chi connectivity index (χ4n) is 6.39. The van der Waals surface area contributed by atoms with E-state index in [0.29, 0.717) is 33.4 Å². The molecule has 1 fully saturated rings. The van der Waals surface area contributed by atoms with Gasteiger partial charge in [-0.1, -0.05) is 48.5 Å². The van der Waals surface area contributed by atoms with Gasteiger partial charge in [0, 0.05) is 28.0 Å². The van der Waals surface area contributed by atoms with Gasteiger partial charge < -0.3 is 0 Å². The monoisotopic (exact) mass is 469 g/mol. The molecule has 0 saturated carbocycles. The Hall–Kier alpha value is -4.40. The van der Waals surface area contributed by atoms with Crippen LogP contribution in [0.2, 0.25) is 0 Å². The van der Waals surface area contributed by atoms with Crippen LogP contribution >= 0.6 is 0 Å². The maximum Gasteiger partial charge on any atom is 0.293 e. The normalized spacial score (nSPS) is 25.8. The van der Waals surface area contributed by atoms with Crippen LogP contribution in [0.5, 0.6) is 0 Å². The summed E-state index contributed by atoms with van der Waals surface area (Å²) in [5, 5.41) is 24.9. The molecule has 1 aliphatic heterocycles. The smallest absolute Gasteiger partial charge is 0.274 e. The Morgan fingerprint density at radius 2 is 1.37 bits per heavy atom. The predicted octanol–water partition coefficient (Wildman–Crippen LogP) is 4.00. The van der Waals surface area contributed by atoms with Crippen LogP contribution in [0.1, 0.15) is 39.3 Å². The highest BCUT2D eigenvalue weighted by Gasteiger charge is 2.75. The van der Waals surface area contributed by atoms with E-state index in [-0.39, 0.29) is 11.4 Å². The number of amides is 2. The maximum absolute atomic E-state index is 14.0. The highest BCUT2D eigenvalue weighted by Crippen LogP contribution is 2.64. The number of anilines is 1. The van der Waals surface area contributed by atoms with Crippen LogP contribution in [0, 0.1) is 45.9 Å². The molecule has 3 aliphatic carbocycles. The summed E-state index contributed by atoms with van der Waals surface area (Å²) in [6, 6.07) is 16.5. The minimum absolute atomic E-state index is 0.145. The molecule has 1 saturated heterocycles. The molecule has 3 aromatic rings. The van der Waals surface area contributed by atoms with Crippen molar-refractivity contribution >= 4 is 23.2 Å². The number of hydrogen-bond acceptors (Lipinski definition) is 6. The molecule has 7 rings (SSSR count). The minimum Gasteiger partial charge on any atom is -0.274 e. The van der Waals surface area contributed by atoms with Crippen molar-refractivity contribution in [3.05, 3.63) is 114 Å². The fraction of sp³-hybridized carbons (Fsp3) is 0.231. The quantitative estimate of drug-likeness (QED) is 0.324. The number of nitro benzene ring substituents is 1. The van der Waals surface area contributed by atoms with Gasteiger partial charge in [-0.15, -0.1) is 0 Å². The zero-order valence-corrected chi connectivity index (χ0v) is 18.8. The number of rotatable bonds is 3. The summed E-state index contributed by atoms with van der Waals surface area (Å²) < 4.78 is 0. The summed E-state index contributed by atoms with van der Waals surface area (Å²) in [4.78, 5) is 52.6. The zero-order valence-electron chi connectivity index (χ0n) is 18.8. The number of benzene rings is 3. The summed E-state index contributed by atoms with van der Waals surface area (Å²) in [6.07, 6.45) is 0. The molecule has 0 N–H and O–H groups in total. The molecular formula is C26H19N3O6. The Bertz CT molecular complexity index is 1470. The molecule has 0 spiro atoms. The molecule has 9 nitrogen and oxygen atoms in total. The van der Waals surface area contributed by atoms with Crippen LogP contribution in [-0.2, 0) is 15.1 Å². The SMILES string of the molecule is Cc1cc(N2C(=O)[C@@H]3[C@@H](C2=O)C2c4ccccc4C3([N+](=O)[O-])c3ccccc32)c([N+](=O)[O-])cc1C. The van der Waals surface area contributed by atoms with Crippen molar-refractivity contribution in [2.24, 2.45) is 11.8 Å². The standard InChI is InChI=1S/C26H19N3O6/c1-13-11-19(20(28(32)33)12-14(13)2)27-24(30)22-21-15-7-3-5-9-17(15)26(29(34)35,23(22)25(27)31)18-10-6-4-8-16(18)21/h3-12,21-23H,1-2H3/t21?,22-,23-,26?/m0/s1. The topological polar surface area (TPSA) is 124 Å². The van der Waals surface area contributed by atoms with Gasteiger partial charge >= 0.3 is 0 Å². The van der Waals surface area contributed by atoms with Crippen molar-refractivity contribution in [3.8, 4) is 0 Å². The molecule has 0 radical (unpaired) electrons. The number of nitrogens with zero attached hydrogens (tertiary/aromatic N) is 3. The Labute approximate surface area is 199 Å². The Kier molecular flexibility index (Phi) is 4.12. The number of carbonyl (C=O) groups excluding carboxylic acids is 2. The minimum atomic E-state index is -1.97. The second-order valence-electron chi connectivity index (χ2n) is 9.37. The summed E-state index contributed by atoms with van der Waals surface area (Å²) in [7, 11) is 0. The Morgan fingerprint density at radius 1 is 0.829 bits per heavy atom. The summed E-state index contributed by atoms with van der Waals surface area (Å²) in [5.41, 5.74) is 0.879. The lowest BCUT2D eigenvalue weighted by atomic mass is 9.51. The van der Waals surface area contributed by atoms with Crippen LogP contribution in [0.4, 0.5) is 11.4 Å². The maximum atomic E-state index is 14.0. The van der Waals surface area contributed by atoms with Gasteiger partial charge in [-0.05, 0) is 42.2 Å². The molecular weight excluding hydrogens is 450 g/mol. The van der Waals surface area contributed by atoms with E-state index in [2.05, 4.69) is 0 Å². The highest BCUT2D eigenvalue weighted by molar-refractivity contribution is 6.24. The van der Waals surface area contributed by atoms with E-state index in [1.807, 2.05) is 0 Å². The lowest BCUT2D eigenvalue weighted by Gasteiger charge is -2.48. The molecule has 174 valence electrons. The molecule has 35 heavy (non-hydrogen) atoms. The van der Waals surface area contributed by atoms with Crippen molar-refractivity contribution in [1.82, 2.24) is 0 Å². The van der Waals surface area contributed by atoms with Gasteiger partial charge in [0.15, 0.2) is 0 Å². The van der Waals surface area contributed by atoms with Gasteiger partial charge in [0.05, 0.1) is 10.8 Å². The summed E-state index contributed by atoms with van der Waals surface area (Å²) in [5.74, 6) is -4.36. The van der Waals surface area contributed by atoms with Gasteiger partial charge in [0.2, 0.25) is 11.8 Å². The van der Waals surface area contributed by atoms with Gasteiger partial charge in [-0.25, -0.2) is 4.90 Å². The Balaban J connectivity index is 1.66. The number of nitro groups is 2. The third-order valence-corrected chi connectivity index (χ3v) is 7.89. The predicted molar refractivity (Wildman–Crippen MR) is 125 cm³/mol. The van der Waals surface area contributed by atoms with Crippen LogP contribution in [0.3, 0.4) is 0 Å². The van der Waals surface area contributed by atoms with E-state index < -0.39 is 45.0 Å².